The van der Waals surface area contributed by atoms with Gasteiger partial charge in [-0.3, -0.25) is 14.6 Å². The predicted octanol–water partition coefficient (Wildman–Crippen LogP) is 3.70. The largest absolute Gasteiger partial charge is 0.497 e. The molecule has 1 amide bonds. The molecule has 5 rings (SSSR count). The van der Waals surface area contributed by atoms with Gasteiger partial charge in [0.2, 0.25) is 5.91 Å². The van der Waals surface area contributed by atoms with Crippen LogP contribution in [0.25, 0.3) is 10.9 Å². The fraction of sp³-hybridized carbons (Fsp3) is 0.444. The Morgan fingerprint density at radius 3 is 2.39 bits per heavy atom. The van der Waals surface area contributed by atoms with Crippen LogP contribution in [0.1, 0.15) is 29.9 Å². The molecular formula is C27H34N4O2. The molecule has 3 aromatic rings. The fourth-order valence-corrected chi connectivity index (χ4v) is 5.27. The maximum atomic E-state index is 12.9. The van der Waals surface area contributed by atoms with E-state index in [-0.39, 0.29) is 5.91 Å². The second-order valence-corrected chi connectivity index (χ2v) is 9.35. The first-order valence-corrected chi connectivity index (χ1v) is 12.1. The number of H-pyrrole nitrogens is 1. The summed E-state index contributed by atoms with van der Waals surface area (Å²) in [6, 6.07) is 16.8. The molecule has 1 aromatic heterocycles. The van der Waals surface area contributed by atoms with Gasteiger partial charge in [-0.25, -0.2) is 0 Å². The number of ether oxygens (including phenoxy) is 1. The molecule has 0 bridgehead atoms. The van der Waals surface area contributed by atoms with Crippen LogP contribution in [0.4, 0.5) is 0 Å². The second-order valence-electron chi connectivity index (χ2n) is 9.35. The lowest BCUT2D eigenvalue weighted by molar-refractivity contribution is -0.134. The Bertz CT molecular complexity index is 1060. The first-order chi connectivity index (χ1) is 16.2. The Morgan fingerprint density at radius 1 is 0.939 bits per heavy atom. The smallest absolute Gasteiger partial charge is 0.236 e. The first-order valence-electron chi connectivity index (χ1n) is 12.1. The number of aromatic nitrogens is 1. The molecule has 0 unspecified atom stereocenters. The number of nitrogens with zero attached hydrogens (tertiary/aromatic N) is 3. The highest BCUT2D eigenvalue weighted by atomic mass is 16.5. The zero-order valence-corrected chi connectivity index (χ0v) is 19.5. The molecule has 2 fully saturated rings. The highest BCUT2D eigenvalue weighted by Gasteiger charge is 2.27. The van der Waals surface area contributed by atoms with E-state index in [1.165, 1.54) is 22.0 Å². The zero-order valence-electron chi connectivity index (χ0n) is 19.5. The molecule has 0 atom stereocenters. The van der Waals surface area contributed by atoms with Crippen LogP contribution in [0, 0.1) is 0 Å². The lowest BCUT2D eigenvalue weighted by Crippen LogP contribution is -2.51. The van der Waals surface area contributed by atoms with Crippen LogP contribution in [-0.2, 0) is 11.3 Å². The van der Waals surface area contributed by atoms with Crippen LogP contribution in [-0.4, -0.2) is 78.5 Å². The van der Waals surface area contributed by atoms with Crippen LogP contribution in [0.15, 0.2) is 54.7 Å². The van der Waals surface area contributed by atoms with E-state index in [0.717, 1.165) is 64.4 Å². The van der Waals surface area contributed by atoms with E-state index in [9.17, 15) is 4.79 Å². The summed E-state index contributed by atoms with van der Waals surface area (Å²) in [4.78, 5) is 23.2. The molecule has 2 aliphatic heterocycles. The van der Waals surface area contributed by atoms with E-state index >= 15 is 0 Å². The Balaban J connectivity index is 1.07. The number of amides is 1. The Morgan fingerprint density at radius 2 is 1.67 bits per heavy atom. The van der Waals surface area contributed by atoms with Crippen molar-refractivity contribution in [2.24, 2.45) is 0 Å². The van der Waals surface area contributed by atoms with Crippen molar-refractivity contribution in [3.8, 4) is 5.75 Å². The van der Waals surface area contributed by atoms with Crippen LogP contribution in [0.5, 0.6) is 5.75 Å². The second kappa shape index (κ2) is 9.98. The molecule has 2 aliphatic rings. The number of piperazine rings is 1. The summed E-state index contributed by atoms with van der Waals surface area (Å²) in [5.74, 6) is 1.75. The van der Waals surface area contributed by atoms with Crippen molar-refractivity contribution in [2.45, 2.75) is 25.3 Å². The van der Waals surface area contributed by atoms with Gasteiger partial charge in [0.1, 0.15) is 5.75 Å². The normalized spacial score (nSPS) is 18.6. The Kier molecular flexibility index (Phi) is 6.65. The number of likely N-dealkylation sites (tertiary alicyclic amines) is 1. The standard InChI is InChI=1S/C27H34N4O2/c1-33-23-8-6-21(7-9-23)19-30-14-16-31(17-15-30)27(32)20-29-12-10-22(11-13-29)25-18-28-26-5-3-2-4-24(25)26/h2-9,18,22,28H,10-17,19-20H2,1H3. The number of nitrogens with one attached hydrogen (secondary N) is 1. The van der Waals surface area contributed by atoms with E-state index < -0.39 is 0 Å². The van der Waals surface area contributed by atoms with Gasteiger partial charge in [-0.2, -0.15) is 0 Å². The van der Waals surface area contributed by atoms with Gasteiger partial charge in [0.25, 0.3) is 0 Å². The molecular weight excluding hydrogens is 412 g/mol. The van der Waals surface area contributed by atoms with Crippen LogP contribution in [0.3, 0.4) is 0 Å². The summed E-state index contributed by atoms with van der Waals surface area (Å²) in [6.07, 6.45) is 4.41. The van der Waals surface area contributed by atoms with Gasteiger partial charge in [-0.15, -0.1) is 0 Å². The van der Waals surface area contributed by atoms with Gasteiger partial charge >= 0.3 is 0 Å². The Labute approximate surface area is 196 Å². The van der Waals surface area contributed by atoms with Crippen LogP contribution >= 0.6 is 0 Å². The molecule has 0 spiro atoms. The van der Waals surface area contributed by atoms with E-state index in [1.807, 2.05) is 12.1 Å². The average molecular weight is 447 g/mol. The predicted molar refractivity (Wildman–Crippen MR) is 132 cm³/mol. The average Bonchev–Trinajstić information content (AvgIpc) is 3.30. The van der Waals surface area contributed by atoms with E-state index in [2.05, 4.69) is 62.3 Å². The topological polar surface area (TPSA) is 51.8 Å². The molecule has 33 heavy (non-hydrogen) atoms. The van der Waals surface area contributed by atoms with Crippen molar-refractivity contribution in [3.05, 3.63) is 65.9 Å². The Hall–Kier alpha value is -2.83. The summed E-state index contributed by atoms with van der Waals surface area (Å²) in [6.45, 7) is 6.97. The molecule has 2 saturated heterocycles. The number of para-hydroxylation sites is 1. The molecule has 3 heterocycles. The van der Waals surface area contributed by atoms with Crippen molar-refractivity contribution >= 4 is 16.8 Å². The first kappa shape index (κ1) is 22.0. The summed E-state index contributed by atoms with van der Waals surface area (Å²) < 4.78 is 5.24. The van der Waals surface area contributed by atoms with Crippen molar-refractivity contribution < 1.29 is 9.53 Å². The van der Waals surface area contributed by atoms with Gasteiger partial charge in [0, 0.05) is 49.8 Å². The van der Waals surface area contributed by atoms with Crippen LogP contribution < -0.4 is 4.74 Å². The molecule has 174 valence electrons. The van der Waals surface area contributed by atoms with E-state index in [0.29, 0.717) is 12.5 Å². The monoisotopic (exact) mass is 446 g/mol. The third kappa shape index (κ3) is 5.07. The summed E-state index contributed by atoms with van der Waals surface area (Å²) >= 11 is 0. The third-order valence-electron chi connectivity index (χ3n) is 7.30. The van der Waals surface area contributed by atoms with Gasteiger partial charge in [-0.1, -0.05) is 30.3 Å². The third-order valence-corrected chi connectivity index (χ3v) is 7.30. The molecule has 1 N–H and O–H groups in total. The molecule has 6 heteroatoms. The number of piperidine rings is 1. The number of aromatic amines is 1. The SMILES string of the molecule is COc1ccc(CN2CCN(C(=O)CN3CCC(c4c[nH]c5ccccc45)CC3)CC2)cc1. The highest BCUT2D eigenvalue weighted by molar-refractivity contribution is 5.83. The molecule has 0 saturated carbocycles. The van der Waals surface area contributed by atoms with Gasteiger partial charge in [0.15, 0.2) is 0 Å². The van der Waals surface area contributed by atoms with Gasteiger partial charge in [0.05, 0.1) is 13.7 Å². The number of carbonyl (C=O) groups excluding carboxylic acids is 1. The zero-order chi connectivity index (χ0) is 22.6. The van der Waals surface area contributed by atoms with Crippen molar-refractivity contribution in [1.82, 2.24) is 19.7 Å². The highest BCUT2D eigenvalue weighted by Crippen LogP contribution is 2.33. The molecule has 0 radical (unpaired) electrons. The number of benzene rings is 2. The number of methoxy groups -OCH3 is 1. The maximum Gasteiger partial charge on any atom is 0.236 e. The number of hydrogen-bond acceptors (Lipinski definition) is 4. The summed E-state index contributed by atoms with van der Waals surface area (Å²) in [5, 5.41) is 1.35. The van der Waals surface area contributed by atoms with Crippen LogP contribution in [0.2, 0.25) is 0 Å². The maximum absolute atomic E-state index is 12.9. The number of fused-ring (bicyclic) bond motifs is 1. The molecule has 6 nitrogen and oxygen atoms in total. The van der Waals surface area contributed by atoms with E-state index in [4.69, 9.17) is 4.74 Å². The minimum Gasteiger partial charge on any atom is -0.497 e. The van der Waals surface area contributed by atoms with Gasteiger partial charge in [-0.05, 0) is 61.2 Å². The van der Waals surface area contributed by atoms with Crippen molar-refractivity contribution in [1.29, 1.82) is 0 Å². The number of rotatable bonds is 6. The lowest BCUT2D eigenvalue weighted by Gasteiger charge is -2.37. The van der Waals surface area contributed by atoms with Gasteiger partial charge < -0.3 is 14.6 Å². The van der Waals surface area contributed by atoms with Crippen molar-refractivity contribution in [3.63, 3.8) is 0 Å². The number of carbonyl (C=O) groups is 1. The van der Waals surface area contributed by atoms with E-state index in [1.54, 1.807) is 7.11 Å². The molecule has 2 aromatic carbocycles. The number of hydrogen-bond donors (Lipinski definition) is 1. The summed E-state index contributed by atoms with van der Waals surface area (Å²) in [7, 11) is 1.69. The minimum atomic E-state index is 0.282. The lowest BCUT2D eigenvalue weighted by atomic mass is 9.89. The van der Waals surface area contributed by atoms with Crippen molar-refractivity contribution in [2.75, 3.05) is 52.9 Å². The fourth-order valence-electron chi connectivity index (χ4n) is 5.27. The minimum absolute atomic E-state index is 0.282. The summed E-state index contributed by atoms with van der Waals surface area (Å²) in [5.41, 5.74) is 3.94. The quantitative estimate of drug-likeness (QED) is 0.627. The molecule has 0 aliphatic carbocycles.